The van der Waals surface area contributed by atoms with Gasteiger partial charge in [0.2, 0.25) is 5.24 Å². The van der Waals surface area contributed by atoms with Gasteiger partial charge in [-0.25, -0.2) is 0 Å². The van der Waals surface area contributed by atoms with E-state index in [4.69, 9.17) is 11.6 Å². The first-order valence-electron chi connectivity index (χ1n) is 3.02. The molecule has 1 aliphatic rings. The topological polar surface area (TPSA) is 38.3 Å². The van der Waals surface area contributed by atoms with Crippen molar-refractivity contribution in [2.45, 2.75) is 18.9 Å². The molecular weight excluding hydrogens is 154 g/mol. The average Bonchev–Trinajstić information content (AvgIpc) is 2.35. The predicted molar refractivity (Wildman–Crippen MR) is 37.2 cm³/mol. The molecule has 0 bridgehead atoms. The van der Waals surface area contributed by atoms with E-state index in [1.165, 1.54) is 6.26 Å². The van der Waals surface area contributed by atoms with Gasteiger partial charge < -0.3 is 4.84 Å². The maximum atomic E-state index is 10.8. The number of hydrogen-bond acceptors (Lipinski definition) is 3. The van der Waals surface area contributed by atoms with Crippen LogP contribution in [0.25, 0.3) is 0 Å². The lowest BCUT2D eigenvalue weighted by Crippen LogP contribution is -2.43. The van der Waals surface area contributed by atoms with Gasteiger partial charge >= 0.3 is 0 Å². The number of hydrogen-bond donors (Lipinski definition) is 1. The second-order valence-electron chi connectivity index (χ2n) is 2.12. The fraction of sp³-hybridized carbons (Fsp3) is 0.500. The van der Waals surface area contributed by atoms with Crippen molar-refractivity contribution in [2.24, 2.45) is 0 Å². The monoisotopic (exact) mass is 161 g/mol. The van der Waals surface area contributed by atoms with Gasteiger partial charge in [0, 0.05) is 0 Å². The Morgan fingerprint density at radius 2 is 2.60 bits per heavy atom. The van der Waals surface area contributed by atoms with E-state index < -0.39 is 10.8 Å². The van der Waals surface area contributed by atoms with Crippen molar-refractivity contribution in [3.05, 3.63) is 12.3 Å². The Morgan fingerprint density at radius 3 is 2.80 bits per heavy atom. The lowest BCUT2D eigenvalue weighted by molar-refractivity contribution is -0.118. The molecule has 0 amide bonds. The molecule has 4 heteroatoms. The molecule has 1 atom stereocenters. The van der Waals surface area contributed by atoms with Crippen LogP contribution in [0, 0.1) is 0 Å². The van der Waals surface area contributed by atoms with Gasteiger partial charge in [-0.1, -0.05) is 6.92 Å². The third kappa shape index (κ3) is 1.02. The number of carbonyl (C=O) groups excluding carboxylic acids is 1. The molecule has 0 aromatic heterocycles. The maximum Gasteiger partial charge on any atom is 0.249 e. The minimum atomic E-state index is -0.790. The van der Waals surface area contributed by atoms with Crippen LogP contribution in [0.15, 0.2) is 12.3 Å². The van der Waals surface area contributed by atoms with Crippen molar-refractivity contribution in [1.29, 1.82) is 0 Å². The quantitative estimate of drug-likeness (QED) is 0.613. The summed E-state index contributed by atoms with van der Waals surface area (Å²) >= 11 is 5.31. The standard InChI is InChI=1S/C6H8ClNO2/c1-2-6(5(7)9)3-4-10-8-6/h3-4,8H,2H2,1H3. The zero-order valence-corrected chi connectivity index (χ0v) is 6.31. The van der Waals surface area contributed by atoms with Crippen LogP contribution in [0.2, 0.25) is 0 Å². The Hall–Kier alpha value is -0.540. The van der Waals surface area contributed by atoms with Crippen LogP contribution >= 0.6 is 11.6 Å². The second kappa shape index (κ2) is 2.60. The molecule has 0 saturated carbocycles. The van der Waals surface area contributed by atoms with Gasteiger partial charge in [-0.05, 0) is 24.1 Å². The molecule has 0 aliphatic carbocycles. The highest BCUT2D eigenvalue weighted by atomic mass is 35.5. The van der Waals surface area contributed by atoms with E-state index in [2.05, 4.69) is 10.3 Å². The molecule has 1 heterocycles. The van der Waals surface area contributed by atoms with Gasteiger partial charge in [0.05, 0.1) is 0 Å². The highest BCUT2D eigenvalue weighted by Gasteiger charge is 2.36. The molecule has 56 valence electrons. The third-order valence-corrected chi connectivity index (χ3v) is 1.91. The van der Waals surface area contributed by atoms with Gasteiger partial charge in [0.25, 0.3) is 0 Å². The van der Waals surface area contributed by atoms with Crippen molar-refractivity contribution in [1.82, 2.24) is 5.48 Å². The van der Waals surface area contributed by atoms with Gasteiger partial charge in [-0.2, -0.15) is 0 Å². The fourth-order valence-corrected chi connectivity index (χ4v) is 0.993. The molecule has 10 heavy (non-hydrogen) atoms. The predicted octanol–water partition coefficient (Wildman–Crippen LogP) is 0.949. The van der Waals surface area contributed by atoms with Gasteiger partial charge in [-0.3, -0.25) is 4.79 Å². The third-order valence-electron chi connectivity index (χ3n) is 1.57. The highest BCUT2D eigenvalue weighted by Crippen LogP contribution is 2.19. The first kappa shape index (κ1) is 7.57. The fourth-order valence-electron chi connectivity index (χ4n) is 0.758. The molecule has 0 radical (unpaired) electrons. The van der Waals surface area contributed by atoms with E-state index in [1.54, 1.807) is 6.08 Å². The molecular formula is C6H8ClNO2. The Kier molecular flexibility index (Phi) is 1.97. The molecule has 1 aliphatic heterocycles. The molecule has 0 aromatic carbocycles. The van der Waals surface area contributed by atoms with Crippen molar-refractivity contribution >= 4 is 16.8 Å². The summed E-state index contributed by atoms with van der Waals surface area (Å²) in [7, 11) is 0. The summed E-state index contributed by atoms with van der Waals surface area (Å²) in [6.45, 7) is 1.85. The zero-order valence-electron chi connectivity index (χ0n) is 5.56. The summed E-state index contributed by atoms with van der Waals surface area (Å²) in [4.78, 5) is 15.4. The van der Waals surface area contributed by atoms with Crippen LogP contribution in [0.3, 0.4) is 0 Å². The lowest BCUT2D eigenvalue weighted by Gasteiger charge is -2.18. The summed E-state index contributed by atoms with van der Waals surface area (Å²) in [6, 6.07) is 0. The van der Waals surface area contributed by atoms with Gasteiger partial charge in [0.1, 0.15) is 11.8 Å². The normalized spacial score (nSPS) is 30.2. The Bertz CT molecular complexity index is 181. The van der Waals surface area contributed by atoms with E-state index in [1.807, 2.05) is 6.92 Å². The summed E-state index contributed by atoms with van der Waals surface area (Å²) in [5, 5.41) is -0.441. The van der Waals surface area contributed by atoms with Crippen LogP contribution in [-0.4, -0.2) is 10.8 Å². The van der Waals surface area contributed by atoms with E-state index >= 15 is 0 Å². The van der Waals surface area contributed by atoms with Crippen LogP contribution in [0.5, 0.6) is 0 Å². The average molecular weight is 162 g/mol. The van der Waals surface area contributed by atoms with Crippen molar-refractivity contribution in [3.8, 4) is 0 Å². The van der Waals surface area contributed by atoms with Crippen LogP contribution in [0.1, 0.15) is 13.3 Å². The Morgan fingerprint density at radius 1 is 1.90 bits per heavy atom. The van der Waals surface area contributed by atoms with Crippen LogP contribution < -0.4 is 5.48 Å². The molecule has 1 rings (SSSR count). The number of nitrogens with one attached hydrogen (secondary N) is 1. The van der Waals surface area contributed by atoms with Crippen LogP contribution in [0.4, 0.5) is 0 Å². The SMILES string of the molecule is CCC1(C(=O)Cl)C=CON1. The van der Waals surface area contributed by atoms with E-state index in [0.29, 0.717) is 6.42 Å². The van der Waals surface area contributed by atoms with Gasteiger partial charge in [0.15, 0.2) is 0 Å². The van der Waals surface area contributed by atoms with E-state index in [9.17, 15) is 4.79 Å². The first-order valence-corrected chi connectivity index (χ1v) is 3.39. The smallest absolute Gasteiger partial charge is 0.249 e. The molecule has 1 N–H and O–H groups in total. The number of carbonyl (C=O) groups is 1. The van der Waals surface area contributed by atoms with Crippen molar-refractivity contribution in [3.63, 3.8) is 0 Å². The molecule has 0 aromatic rings. The summed E-state index contributed by atoms with van der Waals surface area (Å²) in [6.07, 6.45) is 3.62. The molecule has 0 fully saturated rings. The number of halogens is 1. The van der Waals surface area contributed by atoms with E-state index in [0.717, 1.165) is 0 Å². The number of hydroxylamine groups is 1. The minimum Gasteiger partial charge on any atom is -0.415 e. The Labute approximate surface area is 64.0 Å². The summed E-state index contributed by atoms with van der Waals surface area (Å²) < 4.78 is 0. The zero-order chi connectivity index (χ0) is 7.61. The summed E-state index contributed by atoms with van der Waals surface area (Å²) in [5.74, 6) is 0. The van der Waals surface area contributed by atoms with Crippen LogP contribution in [-0.2, 0) is 9.63 Å². The molecule has 1 unspecified atom stereocenters. The Balaban J connectivity index is 2.78. The molecule has 3 nitrogen and oxygen atoms in total. The second-order valence-corrected chi connectivity index (χ2v) is 2.46. The van der Waals surface area contributed by atoms with Crippen molar-refractivity contribution < 1.29 is 9.63 Å². The van der Waals surface area contributed by atoms with Crippen molar-refractivity contribution in [2.75, 3.05) is 0 Å². The lowest BCUT2D eigenvalue weighted by atomic mass is 10.0. The molecule has 0 saturated heterocycles. The minimum absolute atomic E-state index is 0.441. The van der Waals surface area contributed by atoms with E-state index in [-0.39, 0.29) is 0 Å². The number of rotatable bonds is 2. The summed E-state index contributed by atoms with van der Waals surface area (Å²) in [5.41, 5.74) is 1.74. The first-order chi connectivity index (χ1) is 4.71. The molecule has 0 spiro atoms. The highest BCUT2D eigenvalue weighted by molar-refractivity contribution is 6.66. The maximum absolute atomic E-state index is 10.8. The largest absolute Gasteiger partial charge is 0.415 e. The van der Waals surface area contributed by atoms with Gasteiger partial charge in [-0.15, -0.1) is 5.48 Å².